The first-order valence-corrected chi connectivity index (χ1v) is 13.5. The van der Waals surface area contributed by atoms with Crippen molar-refractivity contribution in [1.29, 1.82) is 0 Å². The third-order valence-electron chi connectivity index (χ3n) is 8.45. The molecule has 4 rings (SSSR count). The van der Waals surface area contributed by atoms with E-state index in [-0.39, 0.29) is 23.9 Å². The Hall–Kier alpha value is -3.38. The van der Waals surface area contributed by atoms with E-state index in [9.17, 15) is 48.0 Å². The van der Waals surface area contributed by atoms with E-state index in [1.807, 2.05) is 32.6 Å². The van der Waals surface area contributed by atoms with Gasteiger partial charge >= 0.3 is 6.18 Å². The van der Waals surface area contributed by atoms with Gasteiger partial charge in [-0.2, -0.15) is 13.2 Å². The van der Waals surface area contributed by atoms with Crippen LogP contribution in [0.25, 0.3) is 0 Å². The summed E-state index contributed by atoms with van der Waals surface area (Å²) in [6, 6.07) is 0.912. The largest absolute Gasteiger partial charge is 0.511 e. The lowest BCUT2D eigenvalue weighted by Gasteiger charge is -2.45. The van der Waals surface area contributed by atoms with Crippen molar-refractivity contribution in [2.45, 2.75) is 71.7 Å². The molecule has 9 nitrogen and oxygen atoms in total. The molecule has 3 atom stereocenters. The molecule has 0 saturated heterocycles. The number of carbonyl (C=O) groups is 3. The summed E-state index contributed by atoms with van der Waals surface area (Å²) in [4.78, 5) is 40.3. The Morgan fingerprint density at radius 3 is 2.32 bits per heavy atom. The van der Waals surface area contributed by atoms with Crippen molar-refractivity contribution in [2.24, 2.45) is 23.0 Å². The average Bonchev–Trinajstić information content (AvgIpc) is 2.82. The second kappa shape index (κ2) is 10.2. The molecule has 1 aromatic carbocycles. The van der Waals surface area contributed by atoms with Crippen LogP contribution >= 0.6 is 0 Å². The summed E-state index contributed by atoms with van der Waals surface area (Å²) in [5, 5.41) is 43.5. The number of fused-ring (bicyclic) bond motifs is 3. The predicted octanol–water partition coefficient (Wildman–Crippen LogP) is 3.86. The number of alkyl halides is 3. The Morgan fingerprint density at radius 1 is 1.15 bits per heavy atom. The molecule has 0 radical (unpaired) electrons. The molecule has 0 heterocycles. The molecule has 0 fully saturated rings. The van der Waals surface area contributed by atoms with Crippen LogP contribution < -0.4 is 5.73 Å². The number of rotatable bonds is 6. The molecule has 1 amide bonds. The number of phenols is 1. The molecule has 0 aliphatic heterocycles. The smallest absolute Gasteiger partial charge is 0.417 e. The van der Waals surface area contributed by atoms with Gasteiger partial charge in [-0.1, -0.05) is 27.7 Å². The monoisotopic (exact) mass is 580 g/mol. The summed E-state index contributed by atoms with van der Waals surface area (Å²) in [5.41, 5.74) is -1.40. The lowest BCUT2D eigenvalue weighted by Crippen LogP contribution is -2.57. The lowest BCUT2D eigenvalue weighted by molar-refractivity contribution is -0.144. The van der Waals surface area contributed by atoms with Crippen LogP contribution in [0.5, 0.6) is 5.75 Å². The number of aliphatic hydroxyl groups excluding tert-OH is 2. The second-order valence-corrected chi connectivity index (χ2v) is 12.4. The predicted molar refractivity (Wildman–Crippen MR) is 141 cm³/mol. The normalized spacial score (nSPS) is 24.9. The van der Waals surface area contributed by atoms with E-state index in [1.54, 1.807) is 0 Å². The number of primary amides is 1. The van der Waals surface area contributed by atoms with Gasteiger partial charge in [0.05, 0.1) is 11.1 Å². The summed E-state index contributed by atoms with van der Waals surface area (Å²) in [6.07, 6.45) is -5.30. The van der Waals surface area contributed by atoms with E-state index in [2.05, 4.69) is 0 Å². The number of aliphatic hydroxyl groups is 3. The van der Waals surface area contributed by atoms with Crippen molar-refractivity contribution in [3.63, 3.8) is 0 Å². The fourth-order valence-electron chi connectivity index (χ4n) is 6.32. The zero-order valence-corrected chi connectivity index (χ0v) is 23.4. The molecule has 0 bridgehead atoms. The minimum atomic E-state index is -4.88. The quantitative estimate of drug-likeness (QED) is 0.317. The van der Waals surface area contributed by atoms with Crippen molar-refractivity contribution in [3.8, 4) is 5.75 Å². The van der Waals surface area contributed by atoms with Gasteiger partial charge in [-0.05, 0) is 60.9 Å². The Labute approximate surface area is 235 Å². The zero-order valence-electron chi connectivity index (χ0n) is 23.4. The maximum atomic E-state index is 14.6. The number of allylic oxidation sites excluding steroid dienone is 2. The van der Waals surface area contributed by atoms with E-state index in [0.29, 0.717) is 13.1 Å². The van der Waals surface area contributed by atoms with Crippen LogP contribution in [0.15, 0.2) is 28.7 Å². The van der Waals surface area contributed by atoms with Crippen molar-refractivity contribution >= 4 is 17.5 Å². The summed E-state index contributed by atoms with van der Waals surface area (Å²) >= 11 is 0. The Kier molecular flexibility index (Phi) is 7.58. The highest BCUT2D eigenvalue weighted by atomic mass is 19.4. The topological polar surface area (TPSA) is 161 Å². The number of halogens is 3. The van der Waals surface area contributed by atoms with Gasteiger partial charge < -0.3 is 26.2 Å². The third kappa shape index (κ3) is 5.12. The zero-order chi connectivity index (χ0) is 30.8. The minimum absolute atomic E-state index is 0.0549. The van der Waals surface area contributed by atoms with E-state index >= 15 is 0 Å². The molecule has 3 aliphatic rings. The number of aromatic hydroxyl groups is 1. The number of benzene rings is 1. The fraction of sp³-hybridized carbons (Fsp3) is 0.552. The molecule has 1 aromatic rings. The maximum absolute atomic E-state index is 14.6. The molecule has 6 N–H and O–H groups in total. The van der Waals surface area contributed by atoms with Crippen LogP contribution in [0, 0.1) is 17.3 Å². The first kappa shape index (κ1) is 30.6. The highest BCUT2D eigenvalue weighted by Crippen LogP contribution is 2.53. The number of hydrogen-bond acceptors (Lipinski definition) is 8. The number of nitrogens with zero attached hydrogens (tertiary/aromatic N) is 1. The van der Waals surface area contributed by atoms with Gasteiger partial charge in [0.15, 0.2) is 11.4 Å². The van der Waals surface area contributed by atoms with Crippen LogP contribution in [0.1, 0.15) is 74.0 Å². The Balaban J connectivity index is 1.84. The second-order valence-electron chi connectivity index (χ2n) is 12.4. The molecule has 12 heteroatoms. The van der Waals surface area contributed by atoms with E-state index in [4.69, 9.17) is 5.73 Å². The highest BCUT2D eigenvalue weighted by molar-refractivity contribution is 6.24. The molecular weight excluding hydrogens is 545 g/mol. The number of nitrogens with two attached hydrogens (primary N) is 1. The van der Waals surface area contributed by atoms with Gasteiger partial charge in [-0.3, -0.25) is 19.3 Å². The Morgan fingerprint density at radius 2 is 1.78 bits per heavy atom. The van der Waals surface area contributed by atoms with Crippen LogP contribution in [0.3, 0.4) is 0 Å². The van der Waals surface area contributed by atoms with Crippen LogP contribution in [-0.2, 0) is 28.7 Å². The molecule has 0 spiro atoms. The van der Waals surface area contributed by atoms with Gasteiger partial charge in [0.1, 0.15) is 22.8 Å². The van der Waals surface area contributed by atoms with Gasteiger partial charge in [0.25, 0.3) is 5.91 Å². The molecular formula is C29H35F3N2O7. The number of phenolic OH excluding ortho intramolecular Hbond substituents is 1. The third-order valence-corrected chi connectivity index (χ3v) is 8.45. The summed E-state index contributed by atoms with van der Waals surface area (Å²) in [7, 11) is 0. The molecule has 1 unspecified atom stereocenters. The van der Waals surface area contributed by atoms with Crippen LogP contribution in [-0.4, -0.2) is 61.5 Å². The van der Waals surface area contributed by atoms with E-state index in [0.717, 1.165) is 12.5 Å². The lowest BCUT2D eigenvalue weighted by atomic mass is 9.60. The number of hydrogen-bond donors (Lipinski definition) is 5. The minimum Gasteiger partial charge on any atom is -0.511 e. The summed E-state index contributed by atoms with van der Waals surface area (Å²) in [5.74, 6) is -8.71. The molecule has 3 aliphatic carbocycles. The number of carbonyl (C=O) groups excluding carboxylic acids is 3. The van der Waals surface area contributed by atoms with Crippen LogP contribution in [0.4, 0.5) is 13.2 Å². The molecule has 0 aromatic heterocycles. The maximum Gasteiger partial charge on any atom is 0.417 e. The summed E-state index contributed by atoms with van der Waals surface area (Å²) < 4.78 is 43.9. The first-order chi connectivity index (χ1) is 18.8. The fourth-order valence-corrected chi connectivity index (χ4v) is 6.32. The van der Waals surface area contributed by atoms with Gasteiger partial charge in [0, 0.05) is 24.5 Å². The molecule has 224 valence electrons. The van der Waals surface area contributed by atoms with Crippen LogP contribution in [0.2, 0.25) is 0 Å². The van der Waals surface area contributed by atoms with Crippen molar-refractivity contribution in [3.05, 3.63) is 51.0 Å². The van der Waals surface area contributed by atoms with Crippen molar-refractivity contribution in [1.82, 2.24) is 4.90 Å². The average molecular weight is 581 g/mol. The number of amides is 1. The SMILES string of the molecule is CCN(CCC(C)(C)C)Cc1cc(O)c2c(c1C(F)(F)F)CC1C[C@H]3CC(O)=C(C(N)=O)C(=O)[C@@]3(O)C(O)=C1C2=O. The van der Waals surface area contributed by atoms with Crippen molar-refractivity contribution < 1.29 is 48.0 Å². The standard InChI is InChI=1S/C29H35F3N2O7/c1-5-34(7-6-27(2,3)4)12-14-10-17(35)20-16(22(14)29(30,31)32)9-13-8-15-11-18(36)21(26(33)40)25(39)28(15,41)24(38)19(13)23(20)37/h10,13,15,35-36,38,41H,5-9,11-12H2,1-4H3,(H2,33,40)/t13?,15-,28-/m0/s1. The van der Waals surface area contributed by atoms with Gasteiger partial charge in [-0.15, -0.1) is 0 Å². The van der Waals surface area contributed by atoms with Gasteiger partial charge in [0.2, 0.25) is 5.78 Å². The highest BCUT2D eigenvalue weighted by Gasteiger charge is 2.60. The van der Waals surface area contributed by atoms with E-state index in [1.165, 1.54) is 0 Å². The van der Waals surface area contributed by atoms with Gasteiger partial charge in [-0.25, -0.2) is 0 Å². The van der Waals surface area contributed by atoms with Crippen molar-refractivity contribution in [2.75, 3.05) is 13.1 Å². The molecule has 41 heavy (non-hydrogen) atoms. The Bertz CT molecular complexity index is 1390. The first-order valence-electron chi connectivity index (χ1n) is 13.5. The van der Waals surface area contributed by atoms with E-state index < -0.39 is 99.0 Å². The number of ketones is 2. The number of Topliss-reactive ketones (excluding diaryl/α,β-unsaturated/α-hetero) is 2. The summed E-state index contributed by atoms with van der Waals surface area (Å²) in [6.45, 7) is 8.72. The molecule has 0 saturated carbocycles.